The summed E-state index contributed by atoms with van der Waals surface area (Å²) < 4.78 is 1.78. The highest BCUT2D eigenvalue weighted by Gasteiger charge is 2.31. The first-order valence-electron chi connectivity index (χ1n) is 7.68. The van der Waals surface area contributed by atoms with Gasteiger partial charge in [0.05, 0.1) is 0 Å². The van der Waals surface area contributed by atoms with Gasteiger partial charge >= 0.3 is 0 Å². The Morgan fingerprint density at radius 3 is 2.86 bits per heavy atom. The van der Waals surface area contributed by atoms with E-state index < -0.39 is 0 Å². The lowest BCUT2D eigenvalue weighted by Gasteiger charge is -2.18. The Morgan fingerprint density at radius 2 is 2.14 bits per heavy atom. The summed E-state index contributed by atoms with van der Waals surface area (Å²) in [5, 5.41) is 4.24. The molecule has 6 heteroatoms. The smallest absolute Gasteiger partial charge is 0.272 e. The monoisotopic (exact) mass is 299 g/mol. The normalized spacial score (nSPS) is 18.2. The third-order valence-corrected chi connectivity index (χ3v) is 4.03. The molecule has 1 aliphatic heterocycles. The van der Waals surface area contributed by atoms with Gasteiger partial charge < -0.3 is 4.90 Å². The molecule has 3 heterocycles. The lowest BCUT2D eigenvalue weighted by atomic mass is 10.1. The predicted octanol–water partition coefficient (Wildman–Crippen LogP) is 2.19. The van der Waals surface area contributed by atoms with E-state index in [9.17, 15) is 4.79 Å². The minimum Gasteiger partial charge on any atom is -0.337 e. The van der Waals surface area contributed by atoms with Crippen molar-refractivity contribution in [2.45, 2.75) is 39.2 Å². The molecule has 1 atom stereocenters. The summed E-state index contributed by atoms with van der Waals surface area (Å²) in [6.07, 6.45) is 4.38. The number of carbonyl (C=O) groups is 1. The maximum Gasteiger partial charge on any atom is 0.272 e. The number of likely N-dealkylation sites (tertiary alicyclic amines) is 1. The fraction of sp³-hybridized carbons (Fsp3) is 0.500. The zero-order valence-corrected chi connectivity index (χ0v) is 13.2. The highest BCUT2D eigenvalue weighted by molar-refractivity contribution is 5.92. The zero-order valence-electron chi connectivity index (χ0n) is 13.2. The van der Waals surface area contributed by atoms with E-state index in [4.69, 9.17) is 0 Å². The van der Waals surface area contributed by atoms with Gasteiger partial charge in [0.1, 0.15) is 11.5 Å². The van der Waals surface area contributed by atoms with Crippen LogP contribution in [0.1, 0.15) is 54.2 Å². The summed E-state index contributed by atoms with van der Waals surface area (Å²) in [6.45, 7) is 7.42. The van der Waals surface area contributed by atoms with Crippen LogP contribution in [-0.4, -0.2) is 43.6 Å². The molecule has 0 unspecified atom stereocenters. The van der Waals surface area contributed by atoms with E-state index in [0.717, 1.165) is 24.5 Å². The molecule has 0 radical (unpaired) electrons. The standard InChI is InChI=1S/C16H21N5O/c1-11(2)21-14(5-8-18-21)16(22)20-9-6-13(10-20)15-17-7-4-12(3)19-15/h4-5,7-8,11,13H,6,9-10H2,1-3H3/t13-/m1/s1. The van der Waals surface area contributed by atoms with Gasteiger partial charge in [0.2, 0.25) is 0 Å². The van der Waals surface area contributed by atoms with Crippen LogP contribution in [0.15, 0.2) is 24.5 Å². The van der Waals surface area contributed by atoms with Crippen LogP contribution in [0.5, 0.6) is 0 Å². The second-order valence-corrected chi connectivity index (χ2v) is 6.05. The quantitative estimate of drug-likeness (QED) is 0.871. The van der Waals surface area contributed by atoms with Crippen molar-refractivity contribution in [3.8, 4) is 0 Å². The molecule has 0 saturated carbocycles. The Labute approximate surface area is 130 Å². The molecule has 116 valence electrons. The van der Waals surface area contributed by atoms with Crippen molar-refractivity contribution in [2.75, 3.05) is 13.1 Å². The summed E-state index contributed by atoms with van der Waals surface area (Å²) >= 11 is 0. The van der Waals surface area contributed by atoms with E-state index in [2.05, 4.69) is 15.1 Å². The molecule has 2 aromatic heterocycles. The molecule has 0 N–H and O–H groups in total. The zero-order chi connectivity index (χ0) is 15.7. The highest BCUT2D eigenvalue weighted by Crippen LogP contribution is 2.26. The summed E-state index contributed by atoms with van der Waals surface area (Å²) in [7, 11) is 0. The molecule has 2 aromatic rings. The van der Waals surface area contributed by atoms with E-state index in [0.29, 0.717) is 12.2 Å². The fourth-order valence-corrected chi connectivity index (χ4v) is 2.88. The van der Waals surface area contributed by atoms with Gasteiger partial charge in [-0.15, -0.1) is 0 Å². The SMILES string of the molecule is Cc1ccnc([C@@H]2CCN(C(=O)c3ccnn3C(C)C)C2)n1. The van der Waals surface area contributed by atoms with Crippen molar-refractivity contribution in [1.82, 2.24) is 24.6 Å². The van der Waals surface area contributed by atoms with Gasteiger partial charge in [-0.2, -0.15) is 5.10 Å². The van der Waals surface area contributed by atoms with Crippen molar-refractivity contribution in [3.63, 3.8) is 0 Å². The number of aryl methyl sites for hydroxylation is 1. The largest absolute Gasteiger partial charge is 0.337 e. The Bertz CT molecular complexity index is 679. The number of hydrogen-bond donors (Lipinski definition) is 0. The van der Waals surface area contributed by atoms with Gasteiger partial charge in [0.15, 0.2) is 0 Å². The van der Waals surface area contributed by atoms with Crippen molar-refractivity contribution < 1.29 is 4.79 Å². The van der Waals surface area contributed by atoms with Gasteiger partial charge in [-0.1, -0.05) is 0 Å². The van der Waals surface area contributed by atoms with Crippen LogP contribution in [0.3, 0.4) is 0 Å². The predicted molar refractivity (Wildman–Crippen MR) is 82.6 cm³/mol. The van der Waals surface area contributed by atoms with Crippen LogP contribution in [-0.2, 0) is 0 Å². The molecular formula is C16H21N5O. The number of aromatic nitrogens is 4. The van der Waals surface area contributed by atoms with Crippen LogP contribution in [0.4, 0.5) is 0 Å². The van der Waals surface area contributed by atoms with E-state index in [1.54, 1.807) is 23.1 Å². The number of amides is 1. The molecule has 1 fully saturated rings. The Morgan fingerprint density at radius 1 is 1.32 bits per heavy atom. The van der Waals surface area contributed by atoms with Gasteiger partial charge in [-0.05, 0) is 39.3 Å². The van der Waals surface area contributed by atoms with E-state index in [1.807, 2.05) is 31.7 Å². The minimum absolute atomic E-state index is 0.0429. The Hall–Kier alpha value is -2.24. The van der Waals surface area contributed by atoms with E-state index in [1.165, 1.54) is 0 Å². The summed E-state index contributed by atoms with van der Waals surface area (Å²) in [5.41, 5.74) is 1.62. The van der Waals surface area contributed by atoms with Gasteiger partial charge in [0.25, 0.3) is 5.91 Å². The number of rotatable bonds is 3. The number of carbonyl (C=O) groups excluding carboxylic acids is 1. The molecule has 22 heavy (non-hydrogen) atoms. The van der Waals surface area contributed by atoms with Crippen molar-refractivity contribution in [2.24, 2.45) is 0 Å². The molecule has 3 rings (SSSR count). The third kappa shape index (κ3) is 2.73. The van der Waals surface area contributed by atoms with Gasteiger partial charge in [-0.3, -0.25) is 9.48 Å². The third-order valence-electron chi connectivity index (χ3n) is 4.03. The first kappa shape index (κ1) is 14.7. The summed E-state index contributed by atoms with van der Waals surface area (Å²) in [5.74, 6) is 1.10. The van der Waals surface area contributed by atoms with Crippen LogP contribution in [0, 0.1) is 6.92 Å². The topological polar surface area (TPSA) is 63.9 Å². The first-order valence-corrected chi connectivity index (χ1v) is 7.68. The Balaban J connectivity index is 1.75. The summed E-state index contributed by atoms with van der Waals surface area (Å²) in [4.78, 5) is 23.4. The lowest BCUT2D eigenvalue weighted by Crippen LogP contribution is -2.31. The average molecular weight is 299 g/mol. The molecule has 0 aliphatic carbocycles. The number of nitrogens with zero attached hydrogens (tertiary/aromatic N) is 5. The molecule has 1 aliphatic rings. The molecule has 1 amide bonds. The Kier molecular flexibility index (Phi) is 3.92. The van der Waals surface area contributed by atoms with Crippen LogP contribution in [0.2, 0.25) is 0 Å². The van der Waals surface area contributed by atoms with E-state index in [-0.39, 0.29) is 17.9 Å². The van der Waals surface area contributed by atoms with Gasteiger partial charge in [-0.25, -0.2) is 9.97 Å². The fourth-order valence-electron chi connectivity index (χ4n) is 2.88. The first-order chi connectivity index (χ1) is 10.6. The van der Waals surface area contributed by atoms with E-state index >= 15 is 0 Å². The molecule has 0 bridgehead atoms. The maximum atomic E-state index is 12.7. The lowest BCUT2D eigenvalue weighted by molar-refractivity contribution is 0.0776. The van der Waals surface area contributed by atoms with Crippen LogP contribution < -0.4 is 0 Å². The number of hydrogen-bond acceptors (Lipinski definition) is 4. The molecule has 1 saturated heterocycles. The van der Waals surface area contributed by atoms with Crippen molar-refractivity contribution in [1.29, 1.82) is 0 Å². The molecule has 6 nitrogen and oxygen atoms in total. The second kappa shape index (κ2) is 5.87. The molecular weight excluding hydrogens is 278 g/mol. The molecule has 0 aromatic carbocycles. The van der Waals surface area contributed by atoms with Gasteiger partial charge in [0, 0.05) is 43.1 Å². The van der Waals surface area contributed by atoms with Crippen LogP contribution in [0.25, 0.3) is 0 Å². The van der Waals surface area contributed by atoms with Crippen LogP contribution >= 0.6 is 0 Å². The van der Waals surface area contributed by atoms with Crippen molar-refractivity contribution >= 4 is 5.91 Å². The maximum absolute atomic E-state index is 12.7. The van der Waals surface area contributed by atoms with Crippen molar-refractivity contribution in [3.05, 3.63) is 41.7 Å². The second-order valence-electron chi connectivity index (χ2n) is 6.05. The summed E-state index contributed by atoms with van der Waals surface area (Å²) in [6, 6.07) is 3.86. The minimum atomic E-state index is 0.0429. The highest BCUT2D eigenvalue weighted by atomic mass is 16.2. The molecule has 0 spiro atoms. The average Bonchev–Trinajstić information content (AvgIpc) is 3.16.